The first-order chi connectivity index (χ1) is 15.2. The van der Waals surface area contributed by atoms with Gasteiger partial charge < -0.3 is 24.9 Å². The van der Waals surface area contributed by atoms with E-state index in [0.29, 0.717) is 0 Å². The molecule has 2 aliphatic heterocycles. The van der Waals surface area contributed by atoms with Crippen LogP contribution in [0.4, 0.5) is 33.7 Å². The van der Waals surface area contributed by atoms with Gasteiger partial charge in [-0.15, -0.1) is 0 Å². The monoisotopic (exact) mass is 464 g/mol. The first kappa shape index (κ1) is 23.2. The minimum Gasteiger partial charge on any atom is -0.444 e. The van der Waals surface area contributed by atoms with E-state index >= 15 is 0 Å². The zero-order chi connectivity index (χ0) is 23.4. The van der Waals surface area contributed by atoms with Gasteiger partial charge in [-0.05, 0) is 4.74 Å². The van der Waals surface area contributed by atoms with Gasteiger partial charge in [0.25, 0.3) is 5.91 Å². The summed E-state index contributed by atoms with van der Waals surface area (Å²) in [6.45, 7) is -0.106. The van der Waals surface area contributed by atoms with Gasteiger partial charge in [0.05, 0.1) is 38.9 Å². The van der Waals surface area contributed by atoms with Crippen molar-refractivity contribution in [3.8, 4) is 0 Å². The van der Waals surface area contributed by atoms with Crippen molar-refractivity contribution in [3.63, 3.8) is 0 Å². The number of rotatable bonds is 5. The molecule has 0 bridgehead atoms. The zero-order valence-corrected chi connectivity index (χ0v) is 17.0. The fraction of sp³-hybridized carbons (Fsp3) is 0.500. The van der Waals surface area contributed by atoms with Gasteiger partial charge >= 0.3 is 18.5 Å². The fourth-order valence-electron chi connectivity index (χ4n) is 3.30. The highest BCUT2D eigenvalue weighted by Crippen LogP contribution is 2.31. The molecule has 2 aliphatic rings. The van der Waals surface area contributed by atoms with E-state index in [1.165, 1.54) is 11.9 Å². The number of nitrogens with zero attached hydrogens (tertiary/aromatic N) is 3. The van der Waals surface area contributed by atoms with Crippen LogP contribution in [0.2, 0.25) is 0 Å². The lowest BCUT2D eigenvalue weighted by molar-refractivity contribution is -0.788. The van der Waals surface area contributed by atoms with Crippen molar-refractivity contribution < 1.29 is 46.6 Å². The Balaban J connectivity index is 1.72. The Morgan fingerprint density at radius 1 is 1.31 bits per heavy atom. The second-order valence-electron chi connectivity index (χ2n) is 6.92. The summed E-state index contributed by atoms with van der Waals surface area (Å²) in [5.41, 5.74) is -0.443. The van der Waals surface area contributed by atoms with Crippen molar-refractivity contribution in [1.82, 2.24) is 10.6 Å². The third-order valence-corrected chi connectivity index (χ3v) is 4.85. The van der Waals surface area contributed by atoms with Crippen LogP contribution in [0.5, 0.6) is 0 Å². The number of hydrogen-bond donors (Lipinski definition) is 3. The Kier molecular flexibility index (Phi) is 7.10. The molecule has 2 heterocycles. The van der Waals surface area contributed by atoms with Crippen LogP contribution in [-0.2, 0) is 14.4 Å². The molecule has 1 aromatic carbocycles. The number of cyclic esters (lactones) is 1. The molecule has 14 heteroatoms. The SMILES string of the molecule is CNC(O)=[N+]1CCN(c2c(F)cc(N3C[C@H](CNC(=O)C(F)F)OC3=O)cc2F)CCO1. The molecule has 0 radical (unpaired) electrons. The highest BCUT2D eigenvalue weighted by Gasteiger charge is 2.34. The smallest absolute Gasteiger partial charge is 0.444 e. The number of amides is 2. The van der Waals surface area contributed by atoms with Crippen LogP contribution in [0.1, 0.15) is 0 Å². The number of ether oxygens (including phenoxy) is 1. The number of nitrogens with one attached hydrogen (secondary N) is 2. The van der Waals surface area contributed by atoms with Gasteiger partial charge in [0.1, 0.15) is 18.3 Å². The summed E-state index contributed by atoms with van der Waals surface area (Å²) in [5.74, 6) is -3.38. The molecule has 1 atom stereocenters. The van der Waals surface area contributed by atoms with E-state index in [-0.39, 0.29) is 56.7 Å². The van der Waals surface area contributed by atoms with Crippen LogP contribution in [0.25, 0.3) is 0 Å². The highest BCUT2D eigenvalue weighted by atomic mass is 19.3. The van der Waals surface area contributed by atoms with E-state index in [1.54, 1.807) is 0 Å². The maximum atomic E-state index is 14.8. The van der Waals surface area contributed by atoms with Crippen LogP contribution in [0, 0.1) is 11.6 Å². The Morgan fingerprint density at radius 2 is 2.00 bits per heavy atom. The third-order valence-electron chi connectivity index (χ3n) is 4.85. The molecule has 2 amide bonds. The summed E-state index contributed by atoms with van der Waals surface area (Å²) >= 11 is 0. The van der Waals surface area contributed by atoms with Crippen LogP contribution in [0.3, 0.4) is 0 Å². The van der Waals surface area contributed by atoms with E-state index in [9.17, 15) is 32.3 Å². The number of benzene rings is 1. The summed E-state index contributed by atoms with van der Waals surface area (Å²) in [4.78, 5) is 30.7. The molecule has 3 rings (SSSR count). The maximum absolute atomic E-state index is 14.8. The number of hydroxylamine groups is 1. The number of aliphatic hydroxyl groups excluding tert-OH is 1. The Bertz CT molecular complexity index is 893. The molecule has 10 nitrogen and oxygen atoms in total. The molecule has 1 aromatic rings. The summed E-state index contributed by atoms with van der Waals surface area (Å²) < 4.78 is 60.3. The second-order valence-corrected chi connectivity index (χ2v) is 6.92. The van der Waals surface area contributed by atoms with E-state index < -0.39 is 36.2 Å². The number of aliphatic hydroxyl groups is 1. The van der Waals surface area contributed by atoms with Crippen LogP contribution >= 0.6 is 0 Å². The molecule has 176 valence electrons. The van der Waals surface area contributed by atoms with Gasteiger partial charge in [0.2, 0.25) is 0 Å². The second kappa shape index (κ2) is 9.78. The number of carbonyl (C=O) groups excluding carboxylic acids is 2. The number of hydrogen-bond acceptors (Lipinski definition) is 5. The molecule has 2 fully saturated rings. The van der Waals surface area contributed by atoms with Crippen molar-refractivity contribution in [2.45, 2.75) is 12.5 Å². The summed E-state index contributed by atoms with van der Waals surface area (Å²) in [7, 11) is 1.49. The van der Waals surface area contributed by atoms with Crippen molar-refractivity contribution in [1.29, 1.82) is 0 Å². The van der Waals surface area contributed by atoms with Crippen molar-refractivity contribution in [3.05, 3.63) is 23.8 Å². The molecule has 0 aromatic heterocycles. The Hall–Kier alpha value is -3.45. The van der Waals surface area contributed by atoms with Crippen molar-refractivity contribution >= 4 is 29.4 Å². The van der Waals surface area contributed by atoms with Gasteiger partial charge in [-0.25, -0.2) is 18.9 Å². The predicted octanol–water partition coefficient (Wildman–Crippen LogP) is 0.569. The summed E-state index contributed by atoms with van der Waals surface area (Å²) in [6.07, 6.45) is -5.10. The Morgan fingerprint density at radius 3 is 2.62 bits per heavy atom. The number of anilines is 2. The van der Waals surface area contributed by atoms with Crippen molar-refractivity contribution in [2.75, 3.05) is 56.2 Å². The van der Waals surface area contributed by atoms with Crippen molar-refractivity contribution in [2.24, 2.45) is 0 Å². The van der Waals surface area contributed by atoms with E-state index in [1.807, 2.05) is 5.32 Å². The van der Waals surface area contributed by atoms with Crippen LogP contribution in [-0.4, -0.2) is 86.8 Å². The zero-order valence-electron chi connectivity index (χ0n) is 17.0. The average molecular weight is 464 g/mol. The summed E-state index contributed by atoms with van der Waals surface area (Å²) in [6, 6.07) is 1.68. The lowest BCUT2D eigenvalue weighted by atomic mass is 10.2. The largest absolute Gasteiger partial charge is 0.481 e. The van der Waals surface area contributed by atoms with Crippen LogP contribution < -0.4 is 20.4 Å². The molecule has 0 unspecified atom stereocenters. The van der Waals surface area contributed by atoms with E-state index in [0.717, 1.165) is 21.8 Å². The van der Waals surface area contributed by atoms with Gasteiger partial charge in [0.15, 0.2) is 18.2 Å². The standard InChI is InChI=1S/C18H21F4N5O5/c1-23-17(29)27-3-2-25(4-5-31-27)14-12(19)6-10(7-13(14)20)26-9-11(32-18(26)30)8-24-16(28)15(21)22/h6-7,11,15H,2-5,8-9H2,1H3,(H2,23,24,28,29)/p+1/t11-/m0/s1. The molecule has 2 saturated heterocycles. The molecule has 32 heavy (non-hydrogen) atoms. The highest BCUT2D eigenvalue weighted by molar-refractivity contribution is 5.90. The van der Waals surface area contributed by atoms with E-state index in [4.69, 9.17) is 9.57 Å². The van der Waals surface area contributed by atoms with E-state index in [2.05, 4.69) is 5.32 Å². The van der Waals surface area contributed by atoms with Gasteiger partial charge in [0, 0.05) is 12.1 Å². The lowest BCUT2D eigenvalue weighted by Gasteiger charge is -2.23. The number of halogens is 4. The third kappa shape index (κ3) is 5.06. The molecular formula is C18H22F4N5O5+. The van der Waals surface area contributed by atoms with Crippen LogP contribution in [0.15, 0.2) is 12.1 Å². The molecule has 0 spiro atoms. The first-order valence-corrected chi connectivity index (χ1v) is 9.63. The Labute approximate surface area is 179 Å². The quantitative estimate of drug-likeness (QED) is 0.332. The number of alkyl halides is 2. The maximum Gasteiger partial charge on any atom is 0.481 e. The fourth-order valence-corrected chi connectivity index (χ4v) is 3.30. The van der Waals surface area contributed by atoms with Gasteiger partial charge in [-0.3, -0.25) is 9.69 Å². The molecule has 0 aliphatic carbocycles. The minimum absolute atomic E-state index is 0.0524. The molecular weight excluding hydrogens is 442 g/mol. The topological polar surface area (TPSA) is 106 Å². The first-order valence-electron chi connectivity index (χ1n) is 9.63. The molecule has 3 N–H and O–H groups in total. The minimum atomic E-state index is -3.21. The lowest BCUT2D eigenvalue weighted by Crippen LogP contribution is -2.37. The summed E-state index contributed by atoms with van der Waals surface area (Å²) in [5, 5.41) is 14.1. The van der Waals surface area contributed by atoms with Gasteiger partial charge in [-0.2, -0.15) is 8.78 Å². The van der Waals surface area contributed by atoms with Gasteiger partial charge in [-0.1, -0.05) is 0 Å². The normalized spacial score (nSPS) is 20.6. The predicted molar refractivity (Wildman–Crippen MR) is 103 cm³/mol. The average Bonchev–Trinajstić information content (AvgIpc) is 2.95. The number of amidine groups is 1. The number of carbonyl (C=O) groups is 2. The molecule has 0 saturated carbocycles.